The van der Waals surface area contributed by atoms with Crippen LogP contribution in [0.15, 0.2) is 70.6 Å². The molecule has 5 aromatic heterocycles. The Bertz CT molecular complexity index is 2130. The van der Waals surface area contributed by atoms with Gasteiger partial charge in [0.05, 0.1) is 46.4 Å². The summed E-state index contributed by atoms with van der Waals surface area (Å²) in [5, 5.41) is 3.57. The van der Waals surface area contributed by atoms with E-state index in [1.807, 2.05) is 6.07 Å². The van der Waals surface area contributed by atoms with Crippen molar-refractivity contribution in [2.24, 2.45) is 5.73 Å². The molecule has 8 rings (SSSR count). The number of hydrogen-bond donors (Lipinski definition) is 2. The molecule has 0 atom stereocenters. The number of rotatable bonds is 9. The molecule has 8 heterocycles. The summed E-state index contributed by atoms with van der Waals surface area (Å²) in [5.41, 5.74) is 8.92. The number of nitrogens with two attached hydrogens (primary N) is 1. The van der Waals surface area contributed by atoms with E-state index in [0.717, 1.165) is 76.4 Å². The maximum atomic E-state index is 13.6. The van der Waals surface area contributed by atoms with Gasteiger partial charge in [0.25, 0.3) is 11.1 Å². The molecule has 13 nitrogen and oxygen atoms in total. The molecule has 282 valence electrons. The minimum atomic E-state index is -0.435. The average molecular weight is 732 g/mol. The summed E-state index contributed by atoms with van der Waals surface area (Å²) >= 11 is 0. The monoisotopic (exact) mass is 731 g/mol. The summed E-state index contributed by atoms with van der Waals surface area (Å²) in [6.45, 7) is 7.29. The van der Waals surface area contributed by atoms with E-state index >= 15 is 0 Å². The second kappa shape index (κ2) is 17.3. The van der Waals surface area contributed by atoms with E-state index in [9.17, 15) is 18.4 Å². The number of fused-ring (bicyclic) bond motifs is 3. The lowest BCUT2D eigenvalue weighted by Crippen LogP contribution is -2.43. The van der Waals surface area contributed by atoms with Crippen LogP contribution in [0.1, 0.15) is 38.8 Å². The molecule has 0 radical (unpaired) electrons. The number of ether oxygens (including phenoxy) is 2. The fourth-order valence-electron chi connectivity index (χ4n) is 6.95. The summed E-state index contributed by atoms with van der Waals surface area (Å²) in [6, 6.07) is 11.6. The SMILES string of the molecule is C.NC1CCN(CCn2c(=O)ccc3ncc(F)cc32)CC1.O=c1ccc2ncc(F)cc2n1CCN1CCC(NCc2cc3c(cn2)OCO3)CC1. The summed E-state index contributed by atoms with van der Waals surface area (Å²) in [4.78, 5) is 41.5. The van der Waals surface area contributed by atoms with Gasteiger partial charge in [0.15, 0.2) is 11.5 Å². The van der Waals surface area contributed by atoms with E-state index in [1.54, 1.807) is 27.5 Å². The van der Waals surface area contributed by atoms with Crippen LogP contribution in [-0.4, -0.2) is 92.0 Å². The first kappa shape index (κ1) is 37.9. The number of pyridine rings is 5. The average Bonchev–Trinajstić information content (AvgIpc) is 3.63. The van der Waals surface area contributed by atoms with Crippen molar-refractivity contribution in [3.63, 3.8) is 0 Å². The quantitative estimate of drug-likeness (QED) is 0.230. The fraction of sp³-hybridized carbons (Fsp3) is 0.447. The lowest BCUT2D eigenvalue weighted by molar-refractivity contribution is 0.173. The molecular formula is C38H47F2N9O4. The van der Waals surface area contributed by atoms with Crippen molar-refractivity contribution in [2.45, 2.75) is 64.8 Å². The maximum absolute atomic E-state index is 13.6. The molecule has 5 aromatic rings. The van der Waals surface area contributed by atoms with Gasteiger partial charge in [0.1, 0.15) is 11.6 Å². The van der Waals surface area contributed by atoms with Gasteiger partial charge in [0, 0.05) is 75.1 Å². The smallest absolute Gasteiger partial charge is 0.251 e. The van der Waals surface area contributed by atoms with E-state index in [2.05, 4.69) is 30.1 Å². The molecule has 0 aliphatic carbocycles. The number of aromatic nitrogens is 5. The highest BCUT2D eigenvalue weighted by Gasteiger charge is 2.21. The highest BCUT2D eigenvalue weighted by Crippen LogP contribution is 2.31. The molecule has 53 heavy (non-hydrogen) atoms. The molecular weight excluding hydrogens is 684 g/mol. The Balaban J connectivity index is 0.000000191. The van der Waals surface area contributed by atoms with Crippen LogP contribution < -0.4 is 31.6 Å². The first-order chi connectivity index (χ1) is 25.3. The lowest BCUT2D eigenvalue weighted by Gasteiger charge is -2.32. The Morgan fingerprint density at radius 3 is 1.79 bits per heavy atom. The number of nitrogens with zero attached hydrogens (tertiary/aromatic N) is 7. The van der Waals surface area contributed by atoms with Crippen LogP contribution in [0, 0.1) is 11.6 Å². The molecule has 0 amide bonds. The van der Waals surface area contributed by atoms with E-state index in [4.69, 9.17) is 15.2 Å². The topological polar surface area (TPSA) is 146 Å². The van der Waals surface area contributed by atoms with Crippen molar-refractivity contribution in [3.8, 4) is 11.5 Å². The minimum absolute atomic E-state index is 0. The second-order valence-electron chi connectivity index (χ2n) is 13.5. The molecule has 2 fully saturated rings. The van der Waals surface area contributed by atoms with Crippen molar-refractivity contribution in [1.29, 1.82) is 0 Å². The maximum Gasteiger partial charge on any atom is 0.251 e. The van der Waals surface area contributed by atoms with E-state index < -0.39 is 11.6 Å². The van der Waals surface area contributed by atoms with Crippen LogP contribution in [0.4, 0.5) is 8.78 Å². The third-order valence-electron chi connectivity index (χ3n) is 10.00. The van der Waals surface area contributed by atoms with Gasteiger partial charge in [-0.1, -0.05) is 7.43 Å². The van der Waals surface area contributed by atoms with Crippen LogP contribution >= 0.6 is 0 Å². The van der Waals surface area contributed by atoms with E-state index in [0.29, 0.717) is 59.5 Å². The summed E-state index contributed by atoms with van der Waals surface area (Å²) in [7, 11) is 0. The Morgan fingerprint density at radius 1 is 0.698 bits per heavy atom. The van der Waals surface area contributed by atoms with Gasteiger partial charge in [-0.05, 0) is 64.0 Å². The van der Waals surface area contributed by atoms with Crippen LogP contribution in [0.3, 0.4) is 0 Å². The molecule has 0 aromatic carbocycles. The summed E-state index contributed by atoms with van der Waals surface area (Å²) in [6.07, 6.45) is 8.06. The largest absolute Gasteiger partial charge is 0.453 e. The Hall–Kier alpha value is -4.83. The Labute approximate surface area is 306 Å². The summed E-state index contributed by atoms with van der Waals surface area (Å²) < 4.78 is 40.9. The van der Waals surface area contributed by atoms with E-state index in [-0.39, 0.29) is 25.3 Å². The molecule has 0 bridgehead atoms. The molecule has 0 spiro atoms. The zero-order valence-electron chi connectivity index (χ0n) is 28.9. The number of nitrogens with one attached hydrogen (secondary N) is 1. The second-order valence-corrected chi connectivity index (χ2v) is 13.5. The standard InChI is InChI=1S/C22H24FN5O3.C15H19FN4O.CH4/c23-15-9-19-18(26-11-15)1-2-22(29)28(19)8-7-27-5-3-16(4-6-27)24-12-17-10-20-21(13-25-17)31-14-30-20;16-11-9-14-13(18-10-11)1-2-15(21)20(14)8-7-19-5-3-12(17)4-6-19;/h1-2,9-11,13,16,24H,3-8,12,14H2;1-2,9-10,12H,3-8,17H2;1H4. The molecule has 3 N–H and O–H groups in total. The molecule has 15 heteroatoms. The van der Waals surface area contributed by atoms with Crippen molar-refractivity contribution in [3.05, 3.63) is 99.1 Å². The number of piperidine rings is 2. The van der Waals surface area contributed by atoms with Crippen molar-refractivity contribution >= 4 is 22.1 Å². The van der Waals surface area contributed by atoms with Gasteiger partial charge in [-0.2, -0.15) is 0 Å². The van der Waals surface area contributed by atoms with Crippen LogP contribution in [0.5, 0.6) is 11.5 Å². The third kappa shape index (κ3) is 9.40. The number of hydrogen-bond acceptors (Lipinski definition) is 11. The Morgan fingerprint density at radius 2 is 1.23 bits per heavy atom. The lowest BCUT2D eigenvalue weighted by atomic mass is 10.0. The molecule has 2 saturated heterocycles. The highest BCUT2D eigenvalue weighted by atomic mass is 19.1. The predicted molar refractivity (Wildman–Crippen MR) is 199 cm³/mol. The first-order valence-electron chi connectivity index (χ1n) is 17.8. The molecule has 3 aliphatic rings. The van der Waals surface area contributed by atoms with E-state index in [1.165, 1.54) is 36.7 Å². The van der Waals surface area contributed by atoms with Gasteiger partial charge in [-0.25, -0.2) is 8.78 Å². The van der Waals surface area contributed by atoms with Crippen LogP contribution in [-0.2, 0) is 19.6 Å². The molecule has 3 aliphatic heterocycles. The third-order valence-corrected chi connectivity index (χ3v) is 10.00. The zero-order valence-corrected chi connectivity index (χ0v) is 28.9. The normalized spacial score (nSPS) is 16.7. The van der Waals surface area contributed by atoms with Gasteiger partial charge >= 0.3 is 0 Å². The van der Waals surface area contributed by atoms with Crippen molar-refractivity contribution < 1.29 is 18.3 Å². The minimum Gasteiger partial charge on any atom is -0.453 e. The first-order valence-corrected chi connectivity index (χ1v) is 17.8. The van der Waals surface area contributed by atoms with Gasteiger partial charge in [0.2, 0.25) is 6.79 Å². The predicted octanol–water partition coefficient (Wildman–Crippen LogP) is 3.51. The molecule has 0 unspecified atom stereocenters. The Kier molecular flexibility index (Phi) is 12.4. The van der Waals surface area contributed by atoms with Crippen molar-refractivity contribution in [1.82, 2.24) is 39.2 Å². The highest BCUT2D eigenvalue weighted by molar-refractivity contribution is 5.74. The fourth-order valence-corrected chi connectivity index (χ4v) is 6.95. The molecule has 0 saturated carbocycles. The zero-order chi connectivity index (χ0) is 36.0. The van der Waals surface area contributed by atoms with Crippen LogP contribution in [0.25, 0.3) is 22.1 Å². The summed E-state index contributed by atoms with van der Waals surface area (Å²) in [5.74, 6) is 0.586. The van der Waals surface area contributed by atoms with Gasteiger partial charge in [-0.3, -0.25) is 24.5 Å². The van der Waals surface area contributed by atoms with Gasteiger partial charge in [-0.15, -0.1) is 0 Å². The van der Waals surface area contributed by atoms with Crippen LogP contribution in [0.2, 0.25) is 0 Å². The number of halogens is 2. The van der Waals surface area contributed by atoms with Gasteiger partial charge < -0.3 is 39.5 Å². The number of likely N-dealkylation sites (tertiary alicyclic amines) is 2. The van der Waals surface area contributed by atoms with Crippen molar-refractivity contribution in [2.75, 3.05) is 46.1 Å².